The number of alkyl halides is 3. The third kappa shape index (κ3) is 4.47. The van der Waals surface area contributed by atoms with E-state index in [2.05, 4.69) is 20.1 Å². The molecular formula is C20H19F3N6O. The first-order valence-corrected chi connectivity index (χ1v) is 9.54. The number of hydrogen-bond donors (Lipinski definition) is 0. The van der Waals surface area contributed by atoms with Gasteiger partial charge in [-0.3, -0.25) is 9.78 Å². The summed E-state index contributed by atoms with van der Waals surface area (Å²) in [5.74, 6) is 0.267. The molecule has 3 aromatic rings. The standard InChI is InChI=1S/C20H19F3N6O/c21-20(22,23)17-5-10-25-19(26-17)28-11-6-14(7-12-28)13-29-18(30)2-1-16(27-29)15-3-8-24-9-4-15/h1-5,8-10,14H,6-7,11-13H2. The fraction of sp³-hybridized carbons (Fsp3) is 0.350. The molecular weight excluding hydrogens is 397 g/mol. The summed E-state index contributed by atoms with van der Waals surface area (Å²) in [4.78, 5) is 25.6. The molecule has 4 heterocycles. The second kappa shape index (κ2) is 8.21. The summed E-state index contributed by atoms with van der Waals surface area (Å²) in [7, 11) is 0. The zero-order valence-electron chi connectivity index (χ0n) is 16.0. The predicted octanol–water partition coefficient (Wildman–Crippen LogP) is 3.03. The SMILES string of the molecule is O=c1ccc(-c2ccncc2)nn1CC1CCN(c2nccc(C(F)(F)F)n2)CC1. The molecule has 1 fully saturated rings. The van der Waals surface area contributed by atoms with Crippen LogP contribution in [0.25, 0.3) is 11.3 Å². The molecule has 1 aliphatic heterocycles. The predicted molar refractivity (Wildman–Crippen MR) is 104 cm³/mol. The van der Waals surface area contributed by atoms with Crippen LogP contribution in [0, 0.1) is 5.92 Å². The Bertz CT molecular complexity index is 1060. The van der Waals surface area contributed by atoms with Gasteiger partial charge in [0, 0.05) is 49.9 Å². The highest BCUT2D eigenvalue weighted by Gasteiger charge is 2.33. The van der Waals surface area contributed by atoms with Crippen LogP contribution in [0.1, 0.15) is 18.5 Å². The Balaban J connectivity index is 1.43. The van der Waals surface area contributed by atoms with E-state index in [9.17, 15) is 18.0 Å². The molecule has 0 radical (unpaired) electrons. The Morgan fingerprint density at radius 3 is 2.43 bits per heavy atom. The lowest BCUT2D eigenvalue weighted by molar-refractivity contribution is -0.141. The van der Waals surface area contributed by atoms with Gasteiger partial charge in [-0.15, -0.1) is 0 Å². The van der Waals surface area contributed by atoms with Gasteiger partial charge in [0.2, 0.25) is 5.95 Å². The molecule has 0 aliphatic carbocycles. The Morgan fingerprint density at radius 2 is 1.73 bits per heavy atom. The zero-order valence-corrected chi connectivity index (χ0v) is 16.0. The maximum Gasteiger partial charge on any atom is 0.433 e. The molecule has 1 aliphatic rings. The van der Waals surface area contributed by atoms with Crippen LogP contribution in [0.15, 0.2) is 53.7 Å². The lowest BCUT2D eigenvalue weighted by atomic mass is 9.97. The molecule has 7 nitrogen and oxygen atoms in total. The van der Waals surface area contributed by atoms with Crippen molar-refractivity contribution in [2.45, 2.75) is 25.6 Å². The fourth-order valence-electron chi connectivity index (χ4n) is 3.48. The minimum atomic E-state index is -4.50. The van der Waals surface area contributed by atoms with Crippen LogP contribution >= 0.6 is 0 Å². The van der Waals surface area contributed by atoms with Crippen molar-refractivity contribution in [1.82, 2.24) is 24.7 Å². The maximum absolute atomic E-state index is 12.9. The average molecular weight is 416 g/mol. The molecule has 0 aromatic carbocycles. The first-order valence-electron chi connectivity index (χ1n) is 9.54. The van der Waals surface area contributed by atoms with E-state index in [1.54, 1.807) is 23.4 Å². The lowest BCUT2D eigenvalue weighted by Crippen LogP contribution is -2.38. The number of halogens is 3. The van der Waals surface area contributed by atoms with Gasteiger partial charge in [-0.2, -0.15) is 18.3 Å². The highest BCUT2D eigenvalue weighted by atomic mass is 19.4. The quantitative estimate of drug-likeness (QED) is 0.651. The average Bonchev–Trinajstić information content (AvgIpc) is 2.76. The molecule has 10 heteroatoms. The molecule has 30 heavy (non-hydrogen) atoms. The van der Waals surface area contributed by atoms with Gasteiger partial charge in [-0.1, -0.05) is 0 Å². The van der Waals surface area contributed by atoms with Gasteiger partial charge in [-0.25, -0.2) is 14.6 Å². The van der Waals surface area contributed by atoms with E-state index < -0.39 is 11.9 Å². The van der Waals surface area contributed by atoms with E-state index in [0.29, 0.717) is 38.2 Å². The summed E-state index contributed by atoms with van der Waals surface area (Å²) in [6.07, 6.45) is 1.37. The van der Waals surface area contributed by atoms with Gasteiger partial charge in [-0.05, 0) is 43.0 Å². The van der Waals surface area contributed by atoms with Crippen molar-refractivity contribution >= 4 is 5.95 Å². The number of aromatic nitrogens is 5. The van der Waals surface area contributed by atoms with E-state index in [-0.39, 0.29) is 17.4 Å². The molecule has 3 aromatic heterocycles. The Morgan fingerprint density at radius 1 is 1.00 bits per heavy atom. The van der Waals surface area contributed by atoms with Crippen molar-refractivity contribution in [2.75, 3.05) is 18.0 Å². The van der Waals surface area contributed by atoms with Gasteiger partial charge in [0.1, 0.15) is 5.69 Å². The minimum absolute atomic E-state index is 0.0817. The second-order valence-electron chi connectivity index (χ2n) is 7.14. The van der Waals surface area contributed by atoms with Crippen LogP contribution in [0.2, 0.25) is 0 Å². The molecule has 0 spiro atoms. The summed E-state index contributed by atoms with van der Waals surface area (Å²) in [5, 5.41) is 4.47. The molecule has 0 amide bonds. The van der Waals surface area contributed by atoms with Crippen molar-refractivity contribution in [3.63, 3.8) is 0 Å². The van der Waals surface area contributed by atoms with Gasteiger partial charge in [0.15, 0.2) is 0 Å². The fourth-order valence-corrected chi connectivity index (χ4v) is 3.48. The second-order valence-corrected chi connectivity index (χ2v) is 7.14. The monoisotopic (exact) mass is 416 g/mol. The van der Waals surface area contributed by atoms with Crippen LogP contribution in [-0.2, 0) is 12.7 Å². The molecule has 0 unspecified atom stereocenters. The smallest absolute Gasteiger partial charge is 0.341 e. The van der Waals surface area contributed by atoms with Crippen LogP contribution in [-0.4, -0.2) is 37.8 Å². The normalized spacial score (nSPS) is 15.4. The van der Waals surface area contributed by atoms with Gasteiger partial charge in [0.25, 0.3) is 5.56 Å². The number of hydrogen-bond acceptors (Lipinski definition) is 6. The van der Waals surface area contributed by atoms with Crippen LogP contribution in [0.4, 0.5) is 19.1 Å². The Hall–Kier alpha value is -3.30. The summed E-state index contributed by atoms with van der Waals surface area (Å²) in [6.45, 7) is 1.49. The van der Waals surface area contributed by atoms with Crippen molar-refractivity contribution in [3.8, 4) is 11.3 Å². The first-order chi connectivity index (χ1) is 14.4. The van der Waals surface area contributed by atoms with E-state index in [0.717, 1.165) is 17.8 Å². The highest BCUT2D eigenvalue weighted by Crippen LogP contribution is 2.29. The number of anilines is 1. The van der Waals surface area contributed by atoms with Crippen LogP contribution in [0.3, 0.4) is 0 Å². The number of nitrogens with zero attached hydrogens (tertiary/aromatic N) is 6. The van der Waals surface area contributed by atoms with Gasteiger partial charge in [0.05, 0.1) is 5.69 Å². The first kappa shape index (κ1) is 20.0. The van der Waals surface area contributed by atoms with E-state index in [1.807, 2.05) is 12.1 Å². The summed E-state index contributed by atoms with van der Waals surface area (Å²) in [5.41, 5.74) is 0.428. The van der Waals surface area contributed by atoms with Crippen LogP contribution < -0.4 is 10.5 Å². The summed E-state index contributed by atoms with van der Waals surface area (Å²) < 4.78 is 40.1. The summed E-state index contributed by atoms with van der Waals surface area (Å²) in [6, 6.07) is 7.69. The molecule has 0 atom stereocenters. The Kier molecular flexibility index (Phi) is 5.47. The van der Waals surface area contributed by atoms with Crippen LogP contribution in [0.5, 0.6) is 0 Å². The van der Waals surface area contributed by atoms with Crippen molar-refractivity contribution < 1.29 is 13.2 Å². The highest BCUT2D eigenvalue weighted by molar-refractivity contribution is 5.56. The Labute approximate surface area is 170 Å². The zero-order chi connectivity index (χ0) is 21.1. The lowest BCUT2D eigenvalue weighted by Gasteiger charge is -2.32. The number of pyridine rings is 1. The maximum atomic E-state index is 12.9. The van der Waals surface area contributed by atoms with E-state index in [4.69, 9.17) is 0 Å². The number of rotatable bonds is 4. The van der Waals surface area contributed by atoms with Crippen molar-refractivity contribution in [3.05, 3.63) is 65.0 Å². The number of piperidine rings is 1. The molecule has 4 rings (SSSR count). The molecule has 0 N–H and O–H groups in total. The van der Waals surface area contributed by atoms with E-state index in [1.165, 1.54) is 10.7 Å². The molecule has 1 saturated heterocycles. The molecule has 0 saturated carbocycles. The largest absolute Gasteiger partial charge is 0.433 e. The molecule has 0 bridgehead atoms. The third-order valence-electron chi connectivity index (χ3n) is 5.10. The third-order valence-corrected chi connectivity index (χ3v) is 5.10. The van der Waals surface area contributed by atoms with Gasteiger partial charge >= 0.3 is 6.18 Å². The topological polar surface area (TPSA) is 76.8 Å². The van der Waals surface area contributed by atoms with E-state index >= 15 is 0 Å². The minimum Gasteiger partial charge on any atom is -0.341 e. The summed E-state index contributed by atoms with van der Waals surface area (Å²) >= 11 is 0. The van der Waals surface area contributed by atoms with Crippen molar-refractivity contribution in [1.29, 1.82) is 0 Å². The molecule has 156 valence electrons. The van der Waals surface area contributed by atoms with Gasteiger partial charge < -0.3 is 4.90 Å². The van der Waals surface area contributed by atoms with Crippen molar-refractivity contribution in [2.24, 2.45) is 5.92 Å².